The summed E-state index contributed by atoms with van der Waals surface area (Å²) in [5, 5.41) is 5.43. The van der Waals surface area contributed by atoms with Crippen LogP contribution in [0.1, 0.15) is 12.5 Å². The van der Waals surface area contributed by atoms with E-state index in [9.17, 15) is 4.39 Å². The molecule has 2 aromatic carbocycles. The van der Waals surface area contributed by atoms with Crippen LogP contribution in [0.15, 0.2) is 42.5 Å². The second-order valence-corrected chi connectivity index (χ2v) is 4.66. The summed E-state index contributed by atoms with van der Waals surface area (Å²) >= 11 is 0. The van der Waals surface area contributed by atoms with Gasteiger partial charge in [-0.2, -0.15) is 5.10 Å². The molecule has 0 atom stereocenters. The molecule has 3 heteroatoms. The molecule has 1 aromatic heterocycles. The first-order valence-corrected chi connectivity index (χ1v) is 6.41. The lowest BCUT2D eigenvalue weighted by Gasteiger charge is -2.03. The molecule has 0 aliphatic heterocycles. The molecule has 0 saturated carbocycles. The Hall–Kier alpha value is -2.16. The smallest absolute Gasteiger partial charge is 0.132 e. The SMILES string of the molecule is CCc1ccc(-c2nn(C)c3ccccc23)c(F)c1. The van der Waals surface area contributed by atoms with Crippen LogP contribution in [0.25, 0.3) is 22.2 Å². The van der Waals surface area contributed by atoms with Crippen molar-refractivity contribution in [1.29, 1.82) is 0 Å². The highest BCUT2D eigenvalue weighted by molar-refractivity contribution is 5.93. The van der Waals surface area contributed by atoms with Crippen molar-refractivity contribution in [2.45, 2.75) is 13.3 Å². The van der Waals surface area contributed by atoms with Crippen LogP contribution in [0.5, 0.6) is 0 Å². The Balaban J connectivity index is 2.25. The predicted molar refractivity (Wildman–Crippen MR) is 75.5 cm³/mol. The fourth-order valence-corrected chi connectivity index (χ4v) is 2.38. The van der Waals surface area contributed by atoms with Gasteiger partial charge in [0.15, 0.2) is 0 Å². The summed E-state index contributed by atoms with van der Waals surface area (Å²) < 4.78 is 16.0. The number of aromatic nitrogens is 2. The molecule has 0 unspecified atom stereocenters. The van der Waals surface area contributed by atoms with Gasteiger partial charge in [0.1, 0.15) is 11.5 Å². The standard InChI is InChI=1S/C16H15FN2/c1-3-11-8-9-12(14(17)10-11)16-13-6-4-5-7-15(13)19(2)18-16/h4-10H,3H2,1-2H3. The molecule has 1 heterocycles. The van der Waals surface area contributed by atoms with Gasteiger partial charge in [0, 0.05) is 18.0 Å². The highest BCUT2D eigenvalue weighted by atomic mass is 19.1. The van der Waals surface area contributed by atoms with E-state index in [2.05, 4.69) is 5.10 Å². The van der Waals surface area contributed by atoms with Crippen LogP contribution < -0.4 is 0 Å². The van der Waals surface area contributed by atoms with Gasteiger partial charge >= 0.3 is 0 Å². The van der Waals surface area contributed by atoms with Crippen molar-refractivity contribution in [3.63, 3.8) is 0 Å². The zero-order valence-electron chi connectivity index (χ0n) is 11.0. The molecule has 0 aliphatic rings. The van der Waals surface area contributed by atoms with Crippen LogP contribution in [-0.2, 0) is 13.5 Å². The number of hydrogen-bond donors (Lipinski definition) is 0. The average Bonchev–Trinajstić information content (AvgIpc) is 2.76. The number of para-hydroxylation sites is 1. The minimum absolute atomic E-state index is 0.205. The van der Waals surface area contributed by atoms with Crippen molar-refractivity contribution >= 4 is 10.9 Å². The molecule has 3 rings (SSSR count). The quantitative estimate of drug-likeness (QED) is 0.677. The van der Waals surface area contributed by atoms with E-state index in [4.69, 9.17) is 0 Å². The molecule has 2 nitrogen and oxygen atoms in total. The lowest BCUT2D eigenvalue weighted by atomic mass is 10.0. The Bertz CT molecular complexity index is 744. The summed E-state index contributed by atoms with van der Waals surface area (Å²) in [6, 6.07) is 13.3. The predicted octanol–water partition coefficient (Wildman–Crippen LogP) is 3.94. The van der Waals surface area contributed by atoms with Crippen LogP contribution in [0.2, 0.25) is 0 Å². The monoisotopic (exact) mass is 254 g/mol. The summed E-state index contributed by atoms with van der Waals surface area (Å²) in [5.74, 6) is -0.205. The third kappa shape index (κ3) is 1.91. The van der Waals surface area contributed by atoms with Gasteiger partial charge in [0.2, 0.25) is 0 Å². The minimum atomic E-state index is -0.205. The maximum Gasteiger partial charge on any atom is 0.132 e. The minimum Gasteiger partial charge on any atom is -0.267 e. The lowest BCUT2D eigenvalue weighted by Crippen LogP contribution is -1.92. The second kappa shape index (κ2) is 4.50. The van der Waals surface area contributed by atoms with E-state index in [1.54, 1.807) is 10.7 Å². The van der Waals surface area contributed by atoms with Crippen molar-refractivity contribution in [3.05, 3.63) is 53.8 Å². The number of aryl methyl sites for hydroxylation is 2. The van der Waals surface area contributed by atoms with E-state index in [1.807, 2.05) is 50.4 Å². The highest BCUT2D eigenvalue weighted by Gasteiger charge is 2.13. The number of hydrogen-bond acceptors (Lipinski definition) is 1. The molecule has 0 radical (unpaired) electrons. The van der Waals surface area contributed by atoms with Crippen molar-refractivity contribution in [2.24, 2.45) is 7.05 Å². The molecule has 0 bridgehead atoms. The maximum absolute atomic E-state index is 14.2. The normalized spacial score (nSPS) is 11.1. The van der Waals surface area contributed by atoms with Crippen LogP contribution in [0.3, 0.4) is 0 Å². The maximum atomic E-state index is 14.2. The first-order chi connectivity index (χ1) is 9.20. The first-order valence-electron chi connectivity index (χ1n) is 6.41. The number of fused-ring (bicyclic) bond motifs is 1. The Kier molecular flexibility index (Phi) is 2.82. The van der Waals surface area contributed by atoms with Crippen LogP contribution >= 0.6 is 0 Å². The first kappa shape index (κ1) is 11.9. The van der Waals surface area contributed by atoms with E-state index in [-0.39, 0.29) is 5.82 Å². The van der Waals surface area contributed by atoms with Crippen LogP contribution in [0, 0.1) is 5.82 Å². The Morgan fingerprint density at radius 1 is 1.16 bits per heavy atom. The van der Waals surface area contributed by atoms with Crippen molar-refractivity contribution in [3.8, 4) is 11.3 Å². The van der Waals surface area contributed by atoms with E-state index in [0.717, 1.165) is 22.9 Å². The van der Waals surface area contributed by atoms with Gasteiger partial charge in [-0.3, -0.25) is 4.68 Å². The fourth-order valence-electron chi connectivity index (χ4n) is 2.38. The second-order valence-electron chi connectivity index (χ2n) is 4.66. The Morgan fingerprint density at radius 3 is 2.68 bits per heavy atom. The molecule has 19 heavy (non-hydrogen) atoms. The zero-order chi connectivity index (χ0) is 13.4. The summed E-state index contributed by atoms with van der Waals surface area (Å²) in [4.78, 5) is 0. The highest BCUT2D eigenvalue weighted by Crippen LogP contribution is 2.29. The summed E-state index contributed by atoms with van der Waals surface area (Å²) in [7, 11) is 1.88. The average molecular weight is 254 g/mol. The molecular formula is C16H15FN2. The van der Waals surface area contributed by atoms with Gasteiger partial charge in [0.05, 0.1) is 5.52 Å². The third-order valence-electron chi connectivity index (χ3n) is 3.45. The summed E-state index contributed by atoms with van der Waals surface area (Å²) in [6.45, 7) is 2.02. The van der Waals surface area contributed by atoms with Gasteiger partial charge in [-0.1, -0.05) is 31.2 Å². The van der Waals surface area contributed by atoms with Crippen LogP contribution in [-0.4, -0.2) is 9.78 Å². The molecule has 0 spiro atoms. The number of halogens is 1. The molecule has 0 N–H and O–H groups in total. The van der Waals surface area contributed by atoms with Gasteiger partial charge in [0.25, 0.3) is 0 Å². The van der Waals surface area contributed by atoms with E-state index in [1.165, 1.54) is 0 Å². The Morgan fingerprint density at radius 2 is 1.95 bits per heavy atom. The van der Waals surface area contributed by atoms with Gasteiger partial charge in [-0.25, -0.2) is 4.39 Å². The zero-order valence-corrected chi connectivity index (χ0v) is 11.0. The largest absolute Gasteiger partial charge is 0.267 e. The van der Waals surface area contributed by atoms with Gasteiger partial charge < -0.3 is 0 Å². The number of rotatable bonds is 2. The molecule has 3 aromatic rings. The summed E-state index contributed by atoms with van der Waals surface area (Å²) in [5.41, 5.74) is 3.28. The van der Waals surface area contributed by atoms with E-state index in [0.29, 0.717) is 11.3 Å². The van der Waals surface area contributed by atoms with Crippen molar-refractivity contribution < 1.29 is 4.39 Å². The molecule has 96 valence electrons. The molecule has 0 amide bonds. The lowest BCUT2D eigenvalue weighted by molar-refractivity contribution is 0.628. The third-order valence-corrected chi connectivity index (χ3v) is 3.45. The van der Waals surface area contributed by atoms with Crippen molar-refractivity contribution in [1.82, 2.24) is 9.78 Å². The van der Waals surface area contributed by atoms with E-state index < -0.39 is 0 Å². The topological polar surface area (TPSA) is 17.8 Å². The summed E-state index contributed by atoms with van der Waals surface area (Å²) in [6.07, 6.45) is 0.833. The van der Waals surface area contributed by atoms with Gasteiger partial charge in [-0.15, -0.1) is 0 Å². The number of nitrogens with zero attached hydrogens (tertiary/aromatic N) is 2. The van der Waals surface area contributed by atoms with Crippen LogP contribution in [0.4, 0.5) is 4.39 Å². The molecule has 0 fully saturated rings. The molecule has 0 aliphatic carbocycles. The molecular weight excluding hydrogens is 239 g/mol. The fraction of sp³-hybridized carbons (Fsp3) is 0.188. The molecule has 0 saturated heterocycles. The Labute approximate surface area is 111 Å². The number of benzene rings is 2. The van der Waals surface area contributed by atoms with E-state index >= 15 is 0 Å². The van der Waals surface area contributed by atoms with Crippen molar-refractivity contribution in [2.75, 3.05) is 0 Å². The van der Waals surface area contributed by atoms with Gasteiger partial charge in [-0.05, 0) is 30.2 Å².